The Bertz CT molecular complexity index is 733. The van der Waals surface area contributed by atoms with Crippen LogP contribution in [0.25, 0.3) is 0 Å². The highest BCUT2D eigenvalue weighted by atomic mass is 35.5. The van der Waals surface area contributed by atoms with Gasteiger partial charge in [-0.3, -0.25) is 0 Å². The molecule has 26 heavy (non-hydrogen) atoms. The zero-order chi connectivity index (χ0) is 18.9. The van der Waals surface area contributed by atoms with Gasteiger partial charge in [0, 0.05) is 5.02 Å². The van der Waals surface area contributed by atoms with Gasteiger partial charge in [-0.2, -0.15) is 0 Å². The maximum Gasteiger partial charge on any atom is 0.146 e. The van der Waals surface area contributed by atoms with Gasteiger partial charge in [-0.15, -0.1) is 0 Å². The lowest BCUT2D eigenvalue weighted by Crippen LogP contribution is -2.29. The Kier molecular flexibility index (Phi) is 7.66. The topological polar surface area (TPSA) is 58.9 Å². The number of rotatable bonds is 9. The third-order valence-corrected chi connectivity index (χ3v) is 3.59. The number of hydrogen-bond acceptors (Lipinski definition) is 4. The van der Waals surface area contributed by atoms with Crippen LogP contribution in [0.4, 0.5) is 4.39 Å². The van der Waals surface area contributed by atoms with Crippen LogP contribution in [0, 0.1) is 12.4 Å². The van der Waals surface area contributed by atoms with Crippen LogP contribution >= 0.6 is 11.6 Å². The maximum atomic E-state index is 12.8. The number of hydrogen-bond donors (Lipinski definition) is 2. The van der Waals surface area contributed by atoms with Crippen LogP contribution in [-0.4, -0.2) is 35.1 Å². The Labute approximate surface area is 156 Å². The summed E-state index contributed by atoms with van der Waals surface area (Å²) in [6, 6.07) is 12.1. The van der Waals surface area contributed by atoms with Crippen molar-refractivity contribution in [2.45, 2.75) is 18.3 Å². The SMILES string of the molecule is [CH]=CC(O)C(/C=C/C(O)COc1ccc(F)cc1)Oc1cccc(Cl)c1. The van der Waals surface area contributed by atoms with Gasteiger partial charge in [-0.1, -0.05) is 36.4 Å². The number of benzene rings is 2. The van der Waals surface area contributed by atoms with E-state index in [0.29, 0.717) is 16.5 Å². The minimum absolute atomic E-state index is 0.0472. The van der Waals surface area contributed by atoms with Gasteiger partial charge in [0.05, 0.1) is 0 Å². The molecular formula is C20H19ClFO4. The van der Waals surface area contributed by atoms with E-state index < -0.39 is 18.3 Å². The number of ether oxygens (including phenoxy) is 2. The van der Waals surface area contributed by atoms with Crippen molar-refractivity contribution >= 4 is 11.6 Å². The average molecular weight is 378 g/mol. The van der Waals surface area contributed by atoms with Gasteiger partial charge in [0.1, 0.15) is 42.2 Å². The molecule has 0 fully saturated rings. The van der Waals surface area contributed by atoms with Crippen LogP contribution in [-0.2, 0) is 0 Å². The molecule has 0 aliphatic heterocycles. The fourth-order valence-corrected chi connectivity index (χ4v) is 2.22. The first-order valence-electron chi connectivity index (χ1n) is 7.88. The van der Waals surface area contributed by atoms with Crippen molar-refractivity contribution in [2.24, 2.45) is 0 Å². The Morgan fingerprint density at radius 1 is 1.08 bits per heavy atom. The smallest absolute Gasteiger partial charge is 0.146 e. The molecule has 0 aliphatic carbocycles. The first kappa shape index (κ1) is 20.0. The number of aliphatic hydroxyl groups is 2. The fourth-order valence-electron chi connectivity index (χ4n) is 2.04. The summed E-state index contributed by atoms with van der Waals surface area (Å²) in [6.07, 6.45) is 1.12. The number of aliphatic hydroxyl groups excluding tert-OH is 2. The van der Waals surface area contributed by atoms with E-state index in [0.717, 1.165) is 6.08 Å². The molecule has 0 saturated carbocycles. The zero-order valence-corrected chi connectivity index (χ0v) is 14.6. The molecule has 2 aromatic carbocycles. The lowest BCUT2D eigenvalue weighted by atomic mass is 10.1. The molecule has 0 aliphatic rings. The summed E-state index contributed by atoms with van der Waals surface area (Å²) in [5, 5.41) is 20.4. The van der Waals surface area contributed by atoms with Crippen molar-refractivity contribution < 1.29 is 24.1 Å². The summed E-state index contributed by atoms with van der Waals surface area (Å²) < 4.78 is 23.8. The Hall–Kier alpha value is -2.34. The van der Waals surface area contributed by atoms with Gasteiger partial charge in [0.2, 0.25) is 0 Å². The third-order valence-electron chi connectivity index (χ3n) is 3.36. The summed E-state index contributed by atoms with van der Waals surface area (Å²) in [5.41, 5.74) is 0. The monoisotopic (exact) mass is 377 g/mol. The lowest BCUT2D eigenvalue weighted by molar-refractivity contribution is 0.0950. The van der Waals surface area contributed by atoms with Gasteiger partial charge >= 0.3 is 0 Å². The second kappa shape index (κ2) is 9.97. The van der Waals surface area contributed by atoms with E-state index in [4.69, 9.17) is 27.7 Å². The molecule has 0 amide bonds. The van der Waals surface area contributed by atoms with Crippen molar-refractivity contribution in [3.63, 3.8) is 0 Å². The molecule has 6 heteroatoms. The molecule has 2 N–H and O–H groups in total. The van der Waals surface area contributed by atoms with Gasteiger partial charge in [-0.25, -0.2) is 4.39 Å². The van der Waals surface area contributed by atoms with Crippen molar-refractivity contribution in [1.29, 1.82) is 0 Å². The fraction of sp³-hybridized carbons (Fsp3) is 0.200. The van der Waals surface area contributed by atoms with E-state index in [1.54, 1.807) is 24.3 Å². The quantitative estimate of drug-likeness (QED) is 0.656. The van der Waals surface area contributed by atoms with E-state index in [9.17, 15) is 14.6 Å². The second-order valence-corrected chi connectivity index (χ2v) is 5.88. The highest BCUT2D eigenvalue weighted by molar-refractivity contribution is 6.30. The minimum atomic E-state index is -1.09. The molecule has 0 saturated heterocycles. The van der Waals surface area contributed by atoms with Crippen LogP contribution in [0.15, 0.2) is 66.8 Å². The van der Waals surface area contributed by atoms with Crippen LogP contribution in [0.5, 0.6) is 11.5 Å². The predicted molar refractivity (Wildman–Crippen MR) is 97.8 cm³/mol. The molecule has 1 radical (unpaired) electrons. The van der Waals surface area contributed by atoms with Crippen molar-refractivity contribution in [2.75, 3.05) is 6.61 Å². The predicted octanol–water partition coefficient (Wildman–Crippen LogP) is 3.57. The first-order chi connectivity index (χ1) is 12.5. The van der Waals surface area contributed by atoms with E-state index in [1.807, 2.05) is 0 Å². The normalized spacial score (nSPS) is 14.6. The molecule has 0 aromatic heterocycles. The molecule has 0 spiro atoms. The summed E-state index contributed by atoms with van der Waals surface area (Å²) in [7, 11) is 0. The van der Waals surface area contributed by atoms with Gasteiger partial charge < -0.3 is 19.7 Å². The molecule has 2 aromatic rings. The van der Waals surface area contributed by atoms with Gasteiger partial charge in [0.25, 0.3) is 0 Å². The molecule has 0 bridgehead atoms. The Morgan fingerprint density at radius 3 is 2.46 bits per heavy atom. The molecular weight excluding hydrogens is 359 g/mol. The molecule has 3 atom stereocenters. The maximum absolute atomic E-state index is 12.8. The van der Waals surface area contributed by atoms with Crippen molar-refractivity contribution in [3.05, 3.63) is 84.2 Å². The summed E-state index contributed by atoms with van der Waals surface area (Å²) in [6.45, 7) is 5.33. The van der Waals surface area contributed by atoms with E-state index in [-0.39, 0.29) is 12.4 Å². The summed E-state index contributed by atoms with van der Waals surface area (Å²) in [5.74, 6) is 0.511. The van der Waals surface area contributed by atoms with Crippen LogP contribution in [0.2, 0.25) is 5.02 Å². The van der Waals surface area contributed by atoms with Crippen LogP contribution in [0.3, 0.4) is 0 Å². The highest BCUT2D eigenvalue weighted by Gasteiger charge is 2.16. The van der Waals surface area contributed by atoms with E-state index in [2.05, 4.69) is 0 Å². The summed E-state index contributed by atoms with van der Waals surface area (Å²) in [4.78, 5) is 0. The zero-order valence-electron chi connectivity index (χ0n) is 13.8. The van der Waals surface area contributed by atoms with Crippen molar-refractivity contribution in [3.8, 4) is 11.5 Å². The third kappa shape index (κ3) is 6.52. The molecule has 0 heterocycles. The van der Waals surface area contributed by atoms with E-state index >= 15 is 0 Å². The Morgan fingerprint density at radius 2 is 1.81 bits per heavy atom. The minimum Gasteiger partial charge on any atom is -0.491 e. The van der Waals surface area contributed by atoms with Crippen LogP contribution < -0.4 is 9.47 Å². The Balaban J connectivity index is 1.95. The van der Waals surface area contributed by atoms with E-state index in [1.165, 1.54) is 36.4 Å². The molecule has 3 unspecified atom stereocenters. The first-order valence-corrected chi connectivity index (χ1v) is 8.26. The standard InChI is InChI=1S/C20H19ClFO4/c1-2-19(24)20(26-18-5-3-4-14(21)12-18)11-8-16(23)13-25-17-9-6-15(22)7-10-17/h1-12,16,19-20,23-24H,13H2/b2-1?,11-8+. The van der Waals surface area contributed by atoms with Gasteiger partial charge in [0.15, 0.2) is 0 Å². The lowest BCUT2D eigenvalue weighted by Gasteiger charge is -2.19. The highest BCUT2D eigenvalue weighted by Crippen LogP contribution is 2.20. The molecule has 2 rings (SSSR count). The van der Waals surface area contributed by atoms with Crippen molar-refractivity contribution in [1.82, 2.24) is 0 Å². The molecule has 4 nitrogen and oxygen atoms in total. The largest absolute Gasteiger partial charge is 0.491 e. The average Bonchev–Trinajstić information content (AvgIpc) is 2.64. The second-order valence-electron chi connectivity index (χ2n) is 5.44. The van der Waals surface area contributed by atoms with Crippen LogP contribution in [0.1, 0.15) is 0 Å². The molecule has 137 valence electrons. The number of halogens is 2. The van der Waals surface area contributed by atoms with Gasteiger partial charge in [-0.05, 0) is 48.5 Å². The summed E-state index contributed by atoms with van der Waals surface area (Å²) >= 11 is 5.91.